The smallest absolute Gasteiger partial charge is 0.269 e. The predicted octanol–water partition coefficient (Wildman–Crippen LogP) is 2.91. The molecule has 0 unspecified atom stereocenters. The minimum Gasteiger partial charge on any atom is -0.492 e. The zero-order valence-corrected chi connectivity index (χ0v) is 14.6. The zero-order valence-electron chi connectivity index (χ0n) is 13.8. The molecule has 3 rings (SSSR count). The predicted molar refractivity (Wildman–Crippen MR) is 95.6 cm³/mol. The Morgan fingerprint density at radius 1 is 1.16 bits per heavy atom. The summed E-state index contributed by atoms with van der Waals surface area (Å²) in [5.41, 5.74) is 7.46. The number of hydrogen-bond acceptors (Lipinski definition) is 3. The summed E-state index contributed by atoms with van der Waals surface area (Å²) in [7, 11) is 0. The summed E-state index contributed by atoms with van der Waals surface area (Å²) in [6.45, 7) is 2.31. The van der Waals surface area contributed by atoms with E-state index in [4.69, 9.17) is 16.3 Å². The Labute approximate surface area is 151 Å². The van der Waals surface area contributed by atoms with Gasteiger partial charge in [0.05, 0.1) is 5.92 Å². The first-order valence-corrected chi connectivity index (χ1v) is 8.55. The van der Waals surface area contributed by atoms with Crippen LogP contribution < -0.4 is 15.6 Å². The zero-order chi connectivity index (χ0) is 17.8. The van der Waals surface area contributed by atoms with E-state index in [-0.39, 0.29) is 24.3 Å². The maximum absolute atomic E-state index is 12.3. The fourth-order valence-electron chi connectivity index (χ4n) is 2.72. The van der Waals surface area contributed by atoms with Crippen LogP contribution in [0.4, 0.5) is 0 Å². The molecule has 0 aromatic heterocycles. The van der Waals surface area contributed by atoms with Gasteiger partial charge in [-0.3, -0.25) is 20.4 Å². The molecule has 25 heavy (non-hydrogen) atoms. The highest BCUT2D eigenvalue weighted by atomic mass is 35.5. The van der Waals surface area contributed by atoms with E-state index in [9.17, 15) is 9.59 Å². The standard InChI is InChI=1S/C19H19ClN2O3/c1-2-12-3-5-13(6-4-12)18(23)21-22-19(24)15-9-14-10-16(20)7-8-17(14)25-11-15/h3-8,10,15H,2,9,11H2,1H3,(H,21,23)(H,22,24)/t15-/m0/s1. The van der Waals surface area contributed by atoms with Crippen molar-refractivity contribution in [2.24, 2.45) is 5.92 Å². The second-order valence-corrected chi connectivity index (χ2v) is 6.39. The normalized spacial score (nSPS) is 15.7. The van der Waals surface area contributed by atoms with Gasteiger partial charge in [-0.15, -0.1) is 0 Å². The molecule has 1 atom stereocenters. The second-order valence-electron chi connectivity index (χ2n) is 5.96. The van der Waals surface area contributed by atoms with Gasteiger partial charge in [-0.05, 0) is 54.3 Å². The summed E-state index contributed by atoms with van der Waals surface area (Å²) < 4.78 is 5.60. The van der Waals surface area contributed by atoms with Crippen LogP contribution >= 0.6 is 11.6 Å². The van der Waals surface area contributed by atoms with Crippen molar-refractivity contribution in [2.45, 2.75) is 19.8 Å². The Bertz CT molecular complexity index is 790. The molecule has 1 aliphatic rings. The summed E-state index contributed by atoms with van der Waals surface area (Å²) >= 11 is 5.98. The molecule has 2 aromatic rings. The molecular formula is C19H19ClN2O3. The quantitative estimate of drug-likeness (QED) is 0.829. The van der Waals surface area contributed by atoms with Gasteiger partial charge in [-0.2, -0.15) is 0 Å². The van der Waals surface area contributed by atoms with E-state index in [1.165, 1.54) is 0 Å². The van der Waals surface area contributed by atoms with E-state index in [2.05, 4.69) is 10.9 Å². The topological polar surface area (TPSA) is 67.4 Å². The van der Waals surface area contributed by atoms with E-state index in [1.807, 2.05) is 19.1 Å². The molecule has 2 aromatic carbocycles. The molecule has 6 heteroatoms. The molecule has 130 valence electrons. The molecular weight excluding hydrogens is 340 g/mol. The Kier molecular flexibility index (Phi) is 5.24. The summed E-state index contributed by atoms with van der Waals surface area (Å²) in [5, 5.41) is 0.604. The van der Waals surface area contributed by atoms with Gasteiger partial charge in [0.1, 0.15) is 12.4 Å². The van der Waals surface area contributed by atoms with Gasteiger partial charge in [0.2, 0.25) is 5.91 Å². The van der Waals surface area contributed by atoms with Crippen LogP contribution in [0, 0.1) is 5.92 Å². The number of hydrazine groups is 1. The van der Waals surface area contributed by atoms with Crippen LogP contribution in [0.1, 0.15) is 28.4 Å². The van der Waals surface area contributed by atoms with E-state index in [0.717, 1.165) is 23.3 Å². The fourth-order valence-corrected chi connectivity index (χ4v) is 2.91. The molecule has 2 amide bonds. The Balaban J connectivity index is 1.56. The van der Waals surface area contributed by atoms with Crippen molar-refractivity contribution >= 4 is 23.4 Å². The average molecular weight is 359 g/mol. The van der Waals surface area contributed by atoms with Crippen molar-refractivity contribution in [3.8, 4) is 5.75 Å². The second kappa shape index (κ2) is 7.57. The monoisotopic (exact) mass is 358 g/mol. The lowest BCUT2D eigenvalue weighted by Gasteiger charge is -2.24. The number of halogens is 1. The molecule has 0 spiro atoms. The van der Waals surface area contributed by atoms with Crippen LogP contribution in [-0.2, 0) is 17.6 Å². The first-order chi connectivity index (χ1) is 12.1. The molecule has 0 fully saturated rings. The van der Waals surface area contributed by atoms with Crippen LogP contribution in [0.5, 0.6) is 5.75 Å². The highest BCUT2D eigenvalue weighted by Gasteiger charge is 2.26. The number of carbonyl (C=O) groups is 2. The number of rotatable bonds is 3. The minimum atomic E-state index is -0.381. The molecule has 1 aliphatic heterocycles. The Morgan fingerprint density at radius 2 is 1.92 bits per heavy atom. The van der Waals surface area contributed by atoms with Crippen LogP contribution in [0.3, 0.4) is 0 Å². The Hall–Kier alpha value is -2.53. The minimum absolute atomic E-state index is 0.265. The lowest BCUT2D eigenvalue weighted by molar-refractivity contribution is -0.127. The van der Waals surface area contributed by atoms with Gasteiger partial charge < -0.3 is 4.74 Å². The molecule has 0 radical (unpaired) electrons. The summed E-state index contributed by atoms with van der Waals surface area (Å²) in [6.07, 6.45) is 1.43. The molecule has 5 nitrogen and oxygen atoms in total. The number of nitrogens with one attached hydrogen (secondary N) is 2. The molecule has 1 heterocycles. The molecule has 0 saturated carbocycles. The summed E-state index contributed by atoms with van der Waals surface area (Å²) in [4.78, 5) is 24.4. The van der Waals surface area contributed by atoms with Crippen LogP contribution in [0.2, 0.25) is 5.02 Å². The Morgan fingerprint density at radius 3 is 2.64 bits per heavy atom. The maximum Gasteiger partial charge on any atom is 0.269 e. The lowest BCUT2D eigenvalue weighted by Crippen LogP contribution is -2.47. The van der Waals surface area contributed by atoms with Crippen molar-refractivity contribution in [1.29, 1.82) is 0 Å². The van der Waals surface area contributed by atoms with Gasteiger partial charge in [0.25, 0.3) is 5.91 Å². The third-order valence-corrected chi connectivity index (χ3v) is 4.46. The van der Waals surface area contributed by atoms with E-state index >= 15 is 0 Å². The maximum atomic E-state index is 12.3. The number of fused-ring (bicyclic) bond motifs is 1. The average Bonchev–Trinajstić information content (AvgIpc) is 2.65. The molecule has 0 bridgehead atoms. The number of hydrogen-bond donors (Lipinski definition) is 2. The molecule has 2 N–H and O–H groups in total. The van der Waals surface area contributed by atoms with Gasteiger partial charge in [-0.1, -0.05) is 30.7 Å². The number of amides is 2. The van der Waals surface area contributed by atoms with E-state index < -0.39 is 0 Å². The van der Waals surface area contributed by atoms with Crippen molar-refractivity contribution in [3.05, 3.63) is 64.2 Å². The largest absolute Gasteiger partial charge is 0.492 e. The summed E-state index contributed by atoms with van der Waals surface area (Å²) in [5.74, 6) is -0.275. The SMILES string of the molecule is CCc1ccc(C(=O)NNC(=O)[C@@H]2COc3ccc(Cl)cc3C2)cc1. The first kappa shape index (κ1) is 17.3. The van der Waals surface area contributed by atoms with Crippen LogP contribution in [0.15, 0.2) is 42.5 Å². The van der Waals surface area contributed by atoms with Gasteiger partial charge in [-0.25, -0.2) is 0 Å². The number of aryl methyl sites for hydroxylation is 1. The lowest BCUT2D eigenvalue weighted by atomic mass is 9.96. The molecule has 0 aliphatic carbocycles. The van der Waals surface area contributed by atoms with Gasteiger partial charge in [0.15, 0.2) is 0 Å². The van der Waals surface area contributed by atoms with Crippen LogP contribution in [0.25, 0.3) is 0 Å². The van der Waals surface area contributed by atoms with Crippen molar-refractivity contribution in [3.63, 3.8) is 0 Å². The van der Waals surface area contributed by atoms with Crippen molar-refractivity contribution in [2.75, 3.05) is 6.61 Å². The highest BCUT2D eigenvalue weighted by Crippen LogP contribution is 2.29. The summed E-state index contributed by atoms with van der Waals surface area (Å²) in [6, 6.07) is 12.6. The van der Waals surface area contributed by atoms with E-state index in [0.29, 0.717) is 17.0 Å². The molecule has 0 saturated heterocycles. The van der Waals surface area contributed by atoms with Gasteiger partial charge >= 0.3 is 0 Å². The number of ether oxygens (including phenoxy) is 1. The third-order valence-electron chi connectivity index (χ3n) is 4.22. The van der Waals surface area contributed by atoms with Crippen LogP contribution in [-0.4, -0.2) is 18.4 Å². The van der Waals surface area contributed by atoms with Gasteiger partial charge in [0, 0.05) is 10.6 Å². The first-order valence-electron chi connectivity index (χ1n) is 8.17. The third kappa shape index (κ3) is 4.12. The van der Waals surface area contributed by atoms with Crippen molar-refractivity contribution < 1.29 is 14.3 Å². The fraction of sp³-hybridized carbons (Fsp3) is 0.263. The number of benzene rings is 2. The van der Waals surface area contributed by atoms with Crippen molar-refractivity contribution in [1.82, 2.24) is 10.9 Å². The van der Waals surface area contributed by atoms with E-state index in [1.54, 1.807) is 30.3 Å². The number of carbonyl (C=O) groups excluding carboxylic acids is 2. The highest BCUT2D eigenvalue weighted by molar-refractivity contribution is 6.30.